The van der Waals surface area contributed by atoms with Crippen molar-refractivity contribution in [3.05, 3.63) is 42.0 Å². The first kappa shape index (κ1) is 14.6. The summed E-state index contributed by atoms with van der Waals surface area (Å²) < 4.78 is 0. The van der Waals surface area contributed by atoms with Gasteiger partial charge in [0, 0.05) is 19.1 Å². The first-order valence-electron chi connectivity index (χ1n) is 8.13. The largest absolute Gasteiger partial charge is 0.360 e. The third-order valence-corrected chi connectivity index (χ3v) is 4.95. The second kappa shape index (κ2) is 7.08. The van der Waals surface area contributed by atoms with Crippen molar-refractivity contribution in [2.75, 3.05) is 13.1 Å². The summed E-state index contributed by atoms with van der Waals surface area (Å²) in [7, 11) is 0. The van der Waals surface area contributed by atoms with E-state index in [0.717, 1.165) is 24.6 Å². The lowest BCUT2D eigenvalue weighted by Crippen LogP contribution is -2.46. The molecule has 1 saturated carbocycles. The Labute approximate surface area is 133 Å². The van der Waals surface area contributed by atoms with Crippen LogP contribution in [0.25, 0.3) is 5.57 Å². The van der Waals surface area contributed by atoms with Crippen LogP contribution in [0.4, 0.5) is 0 Å². The SMILES string of the molecule is S=C(NC1CCCCC1)N1CC=C(c2ccccc2)CC1. The van der Waals surface area contributed by atoms with Crippen molar-refractivity contribution in [2.45, 2.75) is 44.6 Å². The van der Waals surface area contributed by atoms with Gasteiger partial charge in [0.1, 0.15) is 0 Å². The Morgan fingerprint density at radius 3 is 2.52 bits per heavy atom. The van der Waals surface area contributed by atoms with Gasteiger partial charge < -0.3 is 10.2 Å². The molecule has 0 saturated heterocycles. The van der Waals surface area contributed by atoms with Gasteiger partial charge in [0.15, 0.2) is 5.11 Å². The molecule has 2 aliphatic rings. The number of thiocarbonyl (C=S) groups is 1. The number of hydrogen-bond acceptors (Lipinski definition) is 1. The lowest BCUT2D eigenvalue weighted by Gasteiger charge is -2.32. The highest BCUT2D eigenvalue weighted by Gasteiger charge is 2.19. The highest BCUT2D eigenvalue weighted by Crippen LogP contribution is 2.22. The summed E-state index contributed by atoms with van der Waals surface area (Å²) in [6, 6.07) is 11.3. The Hall–Kier alpha value is -1.35. The van der Waals surface area contributed by atoms with Crippen LogP contribution >= 0.6 is 12.2 Å². The fourth-order valence-corrected chi connectivity index (χ4v) is 3.61. The van der Waals surface area contributed by atoms with Crippen LogP contribution in [-0.2, 0) is 0 Å². The summed E-state index contributed by atoms with van der Waals surface area (Å²) in [5.41, 5.74) is 2.80. The van der Waals surface area contributed by atoms with Crippen molar-refractivity contribution >= 4 is 22.9 Å². The standard InChI is InChI=1S/C18H24N2S/c21-18(19-17-9-5-2-6-10-17)20-13-11-16(12-14-20)15-7-3-1-4-8-15/h1,3-4,7-8,11,17H,2,5-6,9-10,12-14H2,(H,19,21). The number of rotatable bonds is 2. The van der Waals surface area contributed by atoms with E-state index < -0.39 is 0 Å². The van der Waals surface area contributed by atoms with E-state index in [2.05, 4.69) is 46.6 Å². The molecule has 1 heterocycles. The van der Waals surface area contributed by atoms with E-state index in [9.17, 15) is 0 Å². The van der Waals surface area contributed by atoms with Gasteiger partial charge in [0.25, 0.3) is 0 Å². The zero-order valence-corrected chi connectivity index (χ0v) is 13.4. The number of nitrogens with zero attached hydrogens (tertiary/aromatic N) is 1. The average molecular weight is 300 g/mol. The highest BCUT2D eigenvalue weighted by molar-refractivity contribution is 7.80. The third kappa shape index (κ3) is 3.85. The molecule has 1 aliphatic heterocycles. The van der Waals surface area contributed by atoms with Gasteiger partial charge in [0.2, 0.25) is 0 Å². The van der Waals surface area contributed by atoms with Crippen molar-refractivity contribution in [1.82, 2.24) is 10.2 Å². The minimum atomic E-state index is 0.603. The van der Waals surface area contributed by atoms with E-state index in [1.165, 1.54) is 43.2 Å². The Morgan fingerprint density at radius 2 is 1.86 bits per heavy atom. The molecule has 0 bridgehead atoms. The Balaban J connectivity index is 1.55. The van der Waals surface area contributed by atoms with Crippen molar-refractivity contribution < 1.29 is 0 Å². The van der Waals surface area contributed by atoms with Gasteiger partial charge in [-0.2, -0.15) is 0 Å². The van der Waals surface area contributed by atoms with E-state index in [0.29, 0.717) is 6.04 Å². The summed E-state index contributed by atoms with van der Waals surface area (Å²) in [6.45, 7) is 1.96. The molecule has 0 atom stereocenters. The Bertz CT molecular complexity index is 503. The second-order valence-electron chi connectivity index (χ2n) is 6.08. The molecular weight excluding hydrogens is 276 g/mol. The molecule has 0 unspecified atom stereocenters. The summed E-state index contributed by atoms with van der Waals surface area (Å²) in [6.07, 6.45) is 10.0. The quantitative estimate of drug-likeness (QED) is 0.832. The lowest BCUT2D eigenvalue weighted by molar-refractivity contribution is 0.384. The average Bonchev–Trinajstić information content (AvgIpc) is 2.57. The molecule has 0 amide bonds. The van der Waals surface area contributed by atoms with Gasteiger partial charge in [-0.15, -0.1) is 0 Å². The normalized spacial score (nSPS) is 20.0. The fraction of sp³-hybridized carbons (Fsp3) is 0.500. The zero-order valence-electron chi connectivity index (χ0n) is 12.6. The zero-order chi connectivity index (χ0) is 14.5. The molecule has 21 heavy (non-hydrogen) atoms. The summed E-state index contributed by atoms with van der Waals surface area (Å²) in [5.74, 6) is 0. The van der Waals surface area contributed by atoms with Crippen molar-refractivity contribution in [3.8, 4) is 0 Å². The van der Waals surface area contributed by atoms with Crippen LogP contribution in [0.5, 0.6) is 0 Å². The van der Waals surface area contributed by atoms with Gasteiger partial charge >= 0.3 is 0 Å². The van der Waals surface area contributed by atoms with Crippen LogP contribution in [0, 0.1) is 0 Å². The first-order valence-corrected chi connectivity index (χ1v) is 8.53. The maximum absolute atomic E-state index is 5.60. The van der Waals surface area contributed by atoms with Gasteiger partial charge in [-0.1, -0.05) is 55.7 Å². The van der Waals surface area contributed by atoms with Crippen molar-refractivity contribution in [1.29, 1.82) is 0 Å². The molecule has 0 radical (unpaired) electrons. The van der Waals surface area contributed by atoms with E-state index >= 15 is 0 Å². The molecule has 0 spiro atoms. The van der Waals surface area contributed by atoms with Crippen LogP contribution in [0.15, 0.2) is 36.4 Å². The molecule has 0 aromatic heterocycles. The predicted molar refractivity (Wildman–Crippen MR) is 93.2 cm³/mol. The van der Waals surface area contributed by atoms with Gasteiger partial charge in [-0.05, 0) is 42.6 Å². The molecule has 1 aliphatic carbocycles. The molecule has 1 aromatic rings. The summed E-state index contributed by atoms with van der Waals surface area (Å²) >= 11 is 5.60. The van der Waals surface area contributed by atoms with Crippen LogP contribution < -0.4 is 5.32 Å². The fourth-order valence-electron chi connectivity index (χ4n) is 3.28. The number of nitrogens with one attached hydrogen (secondary N) is 1. The molecule has 1 fully saturated rings. The molecule has 112 valence electrons. The van der Waals surface area contributed by atoms with E-state index in [1.54, 1.807) is 0 Å². The number of benzene rings is 1. The van der Waals surface area contributed by atoms with Crippen LogP contribution in [0.2, 0.25) is 0 Å². The van der Waals surface area contributed by atoms with Crippen LogP contribution in [-0.4, -0.2) is 29.1 Å². The van der Waals surface area contributed by atoms with Crippen molar-refractivity contribution in [3.63, 3.8) is 0 Å². The summed E-state index contributed by atoms with van der Waals surface area (Å²) in [4.78, 5) is 2.30. The highest BCUT2D eigenvalue weighted by atomic mass is 32.1. The van der Waals surface area contributed by atoms with Gasteiger partial charge in [0.05, 0.1) is 0 Å². The minimum Gasteiger partial charge on any atom is -0.360 e. The molecule has 1 N–H and O–H groups in total. The van der Waals surface area contributed by atoms with Crippen LogP contribution in [0.1, 0.15) is 44.1 Å². The maximum Gasteiger partial charge on any atom is 0.169 e. The third-order valence-electron chi connectivity index (χ3n) is 4.57. The summed E-state index contributed by atoms with van der Waals surface area (Å²) in [5, 5.41) is 4.52. The van der Waals surface area contributed by atoms with E-state index in [-0.39, 0.29) is 0 Å². The monoisotopic (exact) mass is 300 g/mol. The van der Waals surface area contributed by atoms with Crippen molar-refractivity contribution in [2.24, 2.45) is 0 Å². The number of hydrogen-bond donors (Lipinski definition) is 1. The van der Waals surface area contributed by atoms with Gasteiger partial charge in [-0.3, -0.25) is 0 Å². The van der Waals surface area contributed by atoms with Gasteiger partial charge in [-0.25, -0.2) is 0 Å². The Morgan fingerprint density at radius 1 is 1.10 bits per heavy atom. The molecule has 2 nitrogen and oxygen atoms in total. The molecule has 3 rings (SSSR count). The molecule has 3 heteroatoms. The predicted octanol–water partition coefficient (Wildman–Crippen LogP) is 3.98. The topological polar surface area (TPSA) is 15.3 Å². The minimum absolute atomic E-state index is 0.603. The Kier molecular flexibility index (Phi) is 4.91. The maximum atomic E-state index is 5.60. The second-order valence-corrected chi connectivity index (χ2v) is 6.46. The molecular formula is C18H24N2S. The van der Waals surface area contributed by atoms with E-state index in [1.807, 2.05) is 0 Å². The van der Waals surface area contributed by atoms with Crippen LogP contribution in [0.3, 0.4) is 0 Å². The lowest BCUT2D eigenvalue weighted by atomic mass is 9.95. The van der Waals surface area contributed by atoms with E-state index in [4.69, 9.17) is 12.2 Å². The first-order chi connectivity index (χ1) is 10.3. The molecule has 1 aromatic carbocycles. The smallest absolute Gasteiger partial charge is 0.169 e.